The molecule has 1 N–H and O–H groups in total. The normalized spacial score (nSPS) is 15.4. The Morgan fingerprint density at radius 1 is 1.12 bits per heavy atom. The van der Waals surface area contributed by atoms with Crippen molar-refractivity contribution >= 4 is 16.9 Å². The summed E-state index contributed by atoms with van der Waals surface area (Å²) in [5.41, 5.74) is 3.51. The van der Waals surface area contributed by atoms with Crippen molar-refractivity contribution in [1.82, 2.24) is 14.9 Å². The Kier molecular flexibility index (Phi) is 8.62. The number of carbonyl (C=O) groups is 1. The number of imidazole rings is 1. The molecule has 3 aromatic rings. The molecule has 4 rings (SSSR count). The molecule has 1 aliphatic carbocycles. The lowest BCUT2D eigenvalue weighted by molar-refractivity contribution is -0.125. The molecule has 182 valence electrons. The minimum absolute atomic E-state index is 0.217. The van der Waals surface area contributed by atoms with Gasteiger partial charge in [0.05, 0.1) is 17.6 Å². The number of para-hydroxylation sites is 2. The van der Waals surface area contributed by atoms with Crippen LogP contribution in [0.3, 0.4) is 0 Å². The van der Waals surface area contributed by atoms with Crippen LogP contribution in [0.5, 0.6) is 5.75 Å². The molecule has 0 radical (unpaired) electrons. The predicted molar refractivity (Wildman–Crippen MR) is 138 cm³/mol. The Bertz CT molecular complexity index is 1050. The van der Waals surface area contributed by atoms with Crippen LogP contribution in [0, 0.1) is 5.92 Å². The van der Waals surface area contributed by atoms with Crippen LogP contribution in [-0.4, -0.2) is 28.6 Å². The summed E-state index contributed by atoms with van der Waals surface area (Å²) < 4.78 is 8.34. The number of hydrogen-bond donors (Lipinski definition) is 1. The highest BCUT2D eigenvalue weighted by Gasteiger charge is 2.20. The Labute approximate surface area is 203 Å². The van der Waals surface area contributed by atoms with Crippen LogP contribution in [0.1, 0.15) is 76.1 Å². The van der Waals surface area contributed by atoms with Gasteiger partial charge in [-0.1, -0.05) is 57.4 Å². The third-order valence-electron chi connectivity index (χ3n) is 7.23. The molecule has 1 unspecified atom stereocenters. The van der Waals surface area contributed by atoms with E-state index in [-0.39, 0.29) is 11.8 Å². The van der Waals surface area contributed by atoms with Crippen LogP contribution < -0.4 is 10.1 Å². The van der Waals surface area contributed by atoms with Gasteiger partial charge >= 0.3 is 0 Å². The summed E-state index contributed by atoms with van der Waals surface area (Å²) in [5, 5.41) is 3.16. The van der Waals surface area contributed by atoms with E-state index in [1.807, 2.05) is 6.07 Å². The Hall–Kier alpha value is -2.82. The van der Waals surface area contributed by atoms with Gasteiger partial charge in [0, 0.05) is 18.9 Å². The highest BCUT2D eigenvalue weighted by molar-refractivity contribution is 5.78. The minimum Gasteiger partial charge on any atom is -0.492 e. The SMILES string of the molecule is CCC(C)c1ccc(OCCn2c(CCCNC(=O)C3CCCCC3)nc3ccccc32)cc1. The van der Waals surface area contributed by atoms with Crippen LogP contribution in [0.15, 0.2) is 48.5 Å². The molecule has 1 aromatic heterocycles. The number of aryl methyl sites for hydroxylation is 1. The number of amides is 1. The maximum absolute atomic E-state index is 12.4. The van der Waals surface area contributed by atoms with Gasteiger partial charge in [0.1, 0.15) is 18.2 Å². The van der Waals surface area contributed by atoms with E-state index in [2.05, 4.69) is 66.2 Å². The van der Waals surface area contributed by atoms with E-state index in [9.17, 15) is 4.79 Å². The molecule has 0 saturated heterocycles. The first-order valence-electron chi connectivity index (χ1n) is 13.1. The van der Waals surface area contributed by atoms with Crippen molar-refractivity contribution in [3.05, 3.63) is 59.9 Å². The number of fused-ring (bicyclic) bond motifs is 1. The fraction of sp³-hybridized carbons (Fsp3) is 0.517. The van der Waals surface area contributed by atoms with Crippen molar-refractivity contribution in [3.63, 3.8) is 0 Å². The van der Waals surface area contributed by atoms with Gasteiger partial charge in [-0.2, -0.15) is 0 Å². The van der Waals surface area contributed by atoms with Crippen molar-refractivity contribution in [1.29, 1.82) is 0 Å². The minimum atomic E-state index is 0.217. The van der Waals surface area contributed by atoms with E-state index >= 15 is 0 Å². The molecule has 1 amide bonds. The molecule has 1 saturated carbocycles. The fourth-order valence-corrected chi connectivity index (χ4v) is 4.92. The first-order valence-corrected chi connectivity index (χ1v) is 13.1. The quantitative estimate of drug-likeness (QED) is 0.343. The number of benzene rings is 2. The van der Waals surface area contributed by atoms with E-state index in [0.29, 0.717) is 19.1 Å². The summed E-state index contributed by atoms with van der Waals surface area (Å²) in [6, 6.07) is 16.8. The third-order valence-corrected chi connectivity index (χ3v) is 7.23. The lowest BCUT2D eigenvalue weighted by Gasteiger charge is -2.20. The molecule has 0 aliphatic heterocycles. The van der Waals surface area contributed by atoms with Gasteiger partial charge in [0.2, 0.25) is 5.91 Å². The van der Waals surface area contributed by atoms with Gasteiger partial charge in [-0.3, -0.25) is 4.79 Å². The molecular formula is C29H39N3O2. The number of nitrogens with one attached hydrogen (secondary N) is 1. The Morgan fingerprint density at radius 2 is 1.88 bits per heavy atom. The van der Waals surface area contributed by atoms with Crippen molar-refractivity contribution in [3.8, 4) is 5.75 Å². The lowest BCUT2D eigenvalue weighted by atomic mass is 9.89. The smallest absolute Gasteiger partial charge is 0.223 e. The van der Waals surface area contributed by atoms with E-state index in [0.717, 1.165) is 61.3 Å². The Balaban J connectivity index is 1.32. The largest absolute Gasteiger partial charge is 0.492 e. The van der Waals surface area contributed by atoms with E-state index < -0.39 is 0 Å². The summed E-state index contributed by atoms with van der Waals surface area (Å²) in [4.78, 5) is 17.3. The molecule has 1 heterocycles. The van der Waals surface area contributed by atoms with Crippen LogP contribution in [0.4, 0.5) is 0 Å². The van der Waals surface area contributed by atoms with E-state index in [1.165, 1.54) is 24.8 Å². The number of hydrogen-bond acceptors (Lipinski definition) is 3. The molecule has 0 spiro atoms. The first-order chi connectivity index (χ1) is 16.7. The standard InChI is InChI=1S/C29H39N3O2/c1-3-22(2)23-15-17-25(18-16-23)34-21-20-32-27-13-8-7-12-26(27)31-28(32)14-9-19-30-29(33)24-10-5-4-6-11-24/h7-8,12-13,15-18,22,24H,3-6,9-11,14,19-21H2,1-2H3,(H,30,33). The zero-order chi connectivity index (χ0) is 23.8. The third kappa shape index (κ3) is 6.19. The van der Waals surface area contributed by atoms with Crippen LogP contribution in [0.25, 0.3) is 11.0 Å². The summed E-state index contributed by atoms with van der Waals surface area (Å²) in [6.07, 6.45) is 8.60. The number of rotatable bonds is 11. The molecule has 5 nitrogen and oxygen atoms in total. The van der Waals surface area contributed by atoms with Crippen molar-refractivity contribution in [2.24, 2.45) is 5.92 Å². The van der Waals surface area contributed by atoms with Crippen LogP contribution in [0.2, 0.25) is 0 Å². The average molecular weight is 462 g/mol. The van der Waals surface area contributed by atoms with Gasteiger partial charge in [0.25, 0.3) is 0 Å². The maximum Gasteiger partial charge on any atom is 0.223 e. The summed E-state index contributed by atoms with van der Waals surface area (Å²) in [5.74, 6) is 2.99. The second-order valence-electron chi connectivity index (χ2n) is 9.62. The Morgan fingerprint density at radius 3 is 2.65 bits per heavy atom. The number of ether oxygens (including phenoxy) is 1. The van der Waals surface area contributed by atoms with Crippen LogP contribution in [-0.2, 0) is 17.8 Å². The molecular weight excluding hydrogens is 422 g/mol. The molecule has 0 bridgehead atoms. The first kappa shape index (κ1) is 24.3. The second kappa shape index (κ2) is 12.0. The molecule has 1 fully saturated rings. The summed E-state index contributed by atoms with van der Waals surface area (Å²) in [6.45, 7) is 6.51. The summed E-state index contributed by atoms with van der Waals surface area (Å²) in [7, 11) is 0. The summed E-state index contributed by atoms with van der Waals surface area (Å²) >= 11 is 0. The molecule has 1 aliphatic rings. The second-order valence-corrected chi connectivity index (χ2v) is 9.62. The highest BCUT2D eigenvalue weighted by atomic mass is 16.5. The predicted octanol–water partition coefficient (Wildman–Crippen LogP) is 6.26. The van der Waals surface area contributed by atoms with Crippen molar-refractivity contribution in [2.75, 3.05) is 13.2 Å². The lowest BCUT2D eigenvalue weighted by Crippen LogP contribution is -2.32. The van der Waals surface area contributed by atoms with Crippen LogP contribution >= 0.6 is 0 Å². The zero-order valence-corrected chi connectivity index (χ0v) is 20.8. The maximum atomic E-state index is 12.4. The van der Waals surface area contributed by atoms with Crippen molar-refractivity contribution < 1.29 is 9.53 Å². The van der Waals surface area contributed by atoms with Gasteiger partial charge < -0.3 is 14.6 Å². The monoisotopic (exact) mass is 461 g/mol. The van der Waals surface area contributed by atoms with Gasteiger partial charge in [-0.15, -0.1) is 0 Å². The van der Waals surface area contributed by atoms with Gasteiger partial charge in [0.15, 0.2) is 0 Å². The van der Waals surface area contributed by atoms with Gasteiger partial charge in [-0.05, 0) is 61.4 Å². The number of aromatic nitrogens is 2. The van der Waals surface area contributed by atoms with Gasteiger partial charge in [-0.25, -0.2) is 4.98 Å². The molecule has 5 heteroatoms. The van der Waals surface area contributed by atoms with Crippen molar-refractivity contribution in [2.45, 2.75) is 77.7 Å². The zero-order valence-electron chi connectivity index (χ0n) is 20.8. The molecule has 2 aromatic carbocycles. The molecule has 34 heavy (non-hydrogen) atoms. The fourth-order valence-electron chi connectivity index (χ4n) is 4.92. The average Bonchev–Trinajstić information content (AvgIpc) is 3.24. The van der Waals surface area contributed by atoms with E-state index in [1.54, 1.807) is 0 Å². The number of nitrogens with zero attached hydrogens (tertiary/aromatic N) is 2. The topological polar surface area (TPSA) is 56.1 Å². The van der Waals surface area contributed by atoms with E-state index in [4.69, 9.17) is 9.72 Å². The molecule has 1 atom stereocenters. The number of carbonyl (C=O) groups excluding carboxylic acids is 1. The highest BCUT2D eigenvalue weighted by Crippen LogP contribution is 2.24.